The molecule has 2 aromatic carbocycles. The van der Waals surface area contributed by atoms with Crippen LogP contribution in [0.2, 0.25) is 0 Å². The molecule has 27 heavy (non-hydrogen) atoms. The van der Waals surface area contributed by atoms with Gasteiger partial charge in [-0.15, -0.1) is 0 Å². The van der Waals surface area contributed by atoms with Gasteiger partial charge in [-0.2, -0.15) is 0 Å². The molecule has 0 aromatic heterocycles. The second kappa shape index (κ2) is 7.71. The minimum absolute atomic E-state index is 0.227. The van der Waals surface area contributed by atoms with Gasteiger partial charge in [0.2, 0.25) is 0 Å². The third-order valence-electron chi connectivity index (χ3n) is 5.07. The summed E-state index contributed by atoms with van der Waals surface area (Å²) in [6.07, 6.45) is 0.765. The maximum atomic E-state index is 12.6. The highest BCUT2D eigenvalue weighted by Gasteiger charge is 2.32. The Kier molecular flexibility index (Phi) is 5.53. The summed E-state index contributed by atoms with van der Waals surface area (Å²) in [7, 11) is 3.59. The monoisotopic (exact) mass is 368 g/mol. The molecular weight excluding hydrogens is 340 g/mol. The van der Waals surface area contributed by atoms with Crippen molar-refractivity contribution in [2.75, 3.05) is 20.7 Å². The second-order valence-corrected chi connectivity index (χ2v) is 7.53. The lowest BCUT2D eigenvalue weighted by molar-refractivity contribution is -0.148. The predicted molar refractivity (Wildman–Crippen MR) is 107 cm³/mol. The summed E-state index contributed by atoms with van der Waals surface area (Å²) in [5.74, 6) is 0.602. The Labute approximate surface area is 161 Å². The van der Waals surface area contributed by atoms with Crippen LogP contribution in [-0.4, -0.2) is 42.2 Å². The SMILES string of the molecule is CNCc1ccc(-c2cccc(OC)c2)c2c1CN(C(=O)C(C)(C)O)CC2. The van der Waals surface area contributed by atoms with Crippen molar-refractivity contribution in [2.24, 2.45) is 0 Å². The average Bonchev–Trinajstić information content (AvgIpc) is 2.66. The molecular formula is C22H28N2O3. The molecule has 5 nitrogen and oxygen atoms in total. The Bertz CT molecular complexity index is 840. The van der Waals surface area contributed by atoms with Gasteiger partial charge < -0.3 is 20.1 Å². The molecule has 0 fully saturated rings. The van der Waals surface area contributed by atoms with Gasteiger partial charge in [0.25, 0.3) is 5.91 Å². The first-order valence-corrected chi connectivity index (χ1v) is 9.29. The lowest BCUT2D eigenvalue weighted by Gasteiger charge is -2.35. The van der Waals surface area contributed by atoms with Crippen molar-refractivity contribution in [3.05, 3.63) is 53.1 Å². The number of hydrogen-bond donors (Lipinski definition) is 2. The standard InChI is InChI=1S/C22H28N2O3/c1-22(2,26)21(25)24-11-10-19-18(15-6-5-7-17(12-15)27-4)9-8-16(13-23-3)20(19)14-24/h5-9,12,23,26H,10-11,13-14H2,1-4H3. The molecule has 1 aliphatic rings. The van der Waals surface area contributed by atoms with Gasteiger partial charge in [0.15, 0.2) is 0 Å². The van der Waals surface area contributed by atoms with E-state index in [-0.39, 0.29) is 5.91 Å². The molecule has 1 aliphatic heterocycles. The number of ether oxygens (including phenoxy) is 1. The van der Waals surface area contributed by atoms with E-state index in [9.17, 15) is 9.90 Å². The topological polar surface area (TPSA) is 61.8 Å². The van der Waals surface area contributed by atoms with Crippen LogP contribution in [0.4, 0.5) is 0 Å². The molecule has 0 atom stereocenters. The van der Waals surface area contributed by atoms with Crippen molar-refractivity contribution in [1.82, 2.24) is 10.2 Å². The number of fused-ring (bicyclic) bond motifs is 1. The van der Waals surface area contributed by atoms with Crippen LogP contribution in [0.15, 0.2) is 36.4 Å². The number of carbonyl (C=O) groups is 1. The smallest absolute Gasteiger partial charge is 0.254 e. The molecule has 0 bridgehead atoms. The van der Waals surface area contributed by atoms with Crippen LogP contribution < -0.4 is 10.1 Å². The van der Waals surface area contributed by atoms with Gasteiger partial charge in [-0.05, 0) is 67.3 Å². The zero-order chi connectivity index (χ0) is 19.6. The number of hydrogen-bond acceptors (Lipinski definition) is 4. The number of nitrogens with zero attached hydrogens (tertiary/aromatic N) is 1. The van der Waals surface area contributed by atoms with Crippen molar-refractivity contribution >= 4 is 5.91 Å². The molecule has 1 amide bonds. The van der Waals surface area contributed by atoms with Crippen molar-refractivity contribution in [3.63, 3.8) is 0 Å². The van der Waals surface area contributed by atoms with Gasteiger partial charge in [0.05, 0.1) is 7.11 Å². The zero-order valence-electron chi connectivity index (χ0n) is 16.5. The molecule has 2 aromatic rings. The lowest BCUT2D eigenvalue weighted by Crippen LogP contribution is -2.47. The minimum atomic E-state index is -1.36. The number of nitrogens with one attached hydrogen (secondary N) is 1. The normalized spacial score (nSPS) is 14.0. The number of carbonyl (C=O) groups excluding carboxylic acids is 1. The summed E-state index contributed by atoms with van der Waals surface area (Å²) in [6.45, 7) is 4.96. The zero-order valence-corrected chi connectivity index (χ0v) is 16.5. The maximum Gasteiger partial charge on any atom is 0.254 e. The Morgan fingerprint density at radius 3 is 2.70 bits per heavy atom. The number of rotatable bonds is 5. The fraction of sp³-hybridized carbons (Fsp3) is 0.409. The predicted octanol–water partition coefficient (Wildman–Crippen LogP) is 2.74. The molecule has 0 saturated heterocycles. The highest BCUT2D eigenvalue weighted by molar-refractivity contribution is 5.84. The Hall–Kier alpha value is -2.37. The Morgan fingerprint density at radius 1 is 1.26 bits per heavy atom. The van der Waals surface area contributed by atoms with E-state index in [1.165, 1.54) is 22.3 Å². The first-order chi connectivity index (χ1) is 12.8. The average molecular weight is 368 g/mol. The summed E-state index contributed by atoms with van der Waals surface area (Å²) in [4.78, 5) is 14.3. The van der Waals surface area contributed by atoms with Crippen molar-refractivity contribution < 1.29 is 14.6 Å². The molecule has 0 spiro atoms. The molecule has 0 radical (unpaired) electrons. The van der Waals surface area contributed by atoms with Crippen molar-refractivity contribution in [2.45, 2.75) is 39.0 Å². The molecule has 2 N–H and O–H groups in total. The minimum Gasteiger partial charge on any atom is -0.497 e. The largest absolute Gasteiger partial charge is 0.497 e. The quantitative estimate of drug-likeness (QED) is 0.852. The molecule has 5 heteroatoms. The third-order valence-corrected chi connectivity index (χ3v) is 5.07. The van der Waals surface area contributed by atoms with E-state index in [1.54, 1.807) is 25.9 Å². The summed E-state index contributed by atoms with van der Waals surface area (Å²) < 4.78 is 5.38. The van der Waals surface area contributed by atoms with Gasteiger partial charge in [-0.1, -0.05) is 24.3 Å². The van der Waals surface area contributed by atoms with E-state index in [0.717, 1.165) is 24.3 Å². The van der Waals surface area contributed by atoms with Gasteiger partial charge in [-0.3, -0.25) is 4.79 Å². The number of amides is 1. The van der Waals surface area contributed by atoms with E-state index < -0.39 is 5.60 Å². The van der Waals surface area contributed by atoms with Crippen LogP contribution in [0.1, 0.15) is 30.5 Å². The summed E-state index contributed by atoms with van der Waals surface area (Å²) in [5.41, 5.74) is 4.57. The van der Waals surface area contributed by atoms with Crippen LogP contribution >= 0.6 is 0 Å². The molecule has 3 rings (SSSR count). The van der Waals surface area contributed by atoms with Crippen molar-refractivity contribution in [3.8, 4) is 16.9 Å². The lowest BCUT2D eigenvalue weighted by atomic mass is 9.87. The van der Waals surface area contributed by atoms with E-state index in [0.29, 0.717) is 13.1 Å². The number of benzene rings is 2. The maximum absolute atomic E-state index is 12.6. The van der Waals surface area contributed by atoms with E-state index in [1.807, 2.05) is 25.2 Å². The van der Waals surface area contributed by atoms with Crippen molar-refractivity contribution in [1.29, 1.82) is 0 Å². The molecule has 0 unspecified atom stereocenters. The Balaban J connectivity index is 2.05. The van der Waals surface area contributed by atoms with Gasteiger partial charge in [0, 0.05) is 19.6 Å². The van der Waals surface area contributed by atoms with E-state index in [2.05, 4.69) is 23.5 Å². The highest BCUT2D eigenvalue weighted by Crippen LogP contribution is 2.34. The first-order valence-electron chi connectivity index (χ1n) is 9.29. The van der Waals surface area contributed by atoms with Gasteiger partial charge in [0.1, 0.15) is 11.4 Å². The third kappa shape index (κ3) is 3.99. The van der Waals surface area contributed by atoms with Gasteiger partial charge in [-0.25, -0.2) is 0 Å². The van der Waals surface area contributed by atoms with E-state index >= 15 is 0 Å². The van der Waals surface area contributed by atoms with Crippen LogP contribution in [-0.2, 0) is 24.3 Å². The number of aliphatic hydroxyl groups is 1. The fourth-order valence-electron chi connectivity index (χ4n) is 3.72. The molecule has 0 saturated carbocycles. The summed E-state index contributed by atoms with van der Waals surface area (Å²) in [6, 6.07) is 12.4. The van der Waals surface area contributed by atoms with E-state index in [4.69, 9.17) is 4.74 Å². The van der Waals surface area contributed by atoms with Crippen LogP contribution in [0.5, 0.6) is 5.75 Å². The van der Waals surface area contributed by atoms with Gasteiger partial charge >= 0.3 is 0 Å². The Morgan fingerprint density at radius 2 is 2.04 bits per heavy atom. The van der Waals surface area contributed by atoms with Crippen LogP contribution in [0, 0.1) is 0 Å². The fourth-order valence-corrected chi connectivity index (χ4v) is 3.72. The second-order valence-electron chi connectivity index (χ2n) is 7.53. The number of methoxy groups -OCH3 is 1. The van der Waals surface area contributed by atoms with Crippen LogP contribution in [0.25, 0.3) is 11.1 Å². The molecule has 1 heterocycles. The summed E-state index contributed by atoms with van der Waals surface area (Å²) in [5, 5.41) is 13.3. The molecule has 144 valence electrons. The molecule has 0 aliphatic carbocycles. The van der Waals surface area contributed by atoms with Crippen LogP contribution in [0.3, 0.4) is 0 Å². The summed E-state index contributed by atoms with van der Waals surface area (Å²) >= 11 is 0. The first kappa shape index (κ1) is 19.4. The highest BCUT2D eigenvalue weighted by atomic mass is 16.5.